The van der Waals surface area contributed by atoms with E-state index in [1.807, 2.05) is 6.07 Å². The van der Waals surface area contributed by atoms with Gasteiger partial charge in [-0.3, -0.25) is 9.78 Å². The molecule has 0 saturated heterocycles. The maximum atomic E-state index is 13.9. The highest BCUT2D eigenvalue weighted by atomic mass is 19.1. The van der Waals surface area contributed by atoms with Gasteiger partial charge in [0.1, 0.15) is 5.82 Å². The van der Waals surface area contributed by atoms with Crippen LogP contribution in [0.3, 0.4) is 0 Å². The molecule has 1 aromatic heterocycles. The third-order valence-electron chi connectivity index (χ3n) is 8.56. The normalized spacial score (nSPS) is 29.0. The third-order valence-corrected chi connectivity index (χ3v) is 8.56. The molecule has 1 fully saturated rings. The highest BCUT2D eigenvalue weighted by Crippen LogP contribution is 2.63. The lowest BCUT2D eigenvalue weighted by Crippen LogP contribution is -2.41. The maximum absolute atomic E-state index is 13.9. The highest BCUT2D eigenvalue weighted by molar-refractivity contribution is 5.96. The van der Waals surface area contributed by atoms with Crippen LogP contribution < -0.4 is 0 Å². The second-order valence-electron chi connectivity index (χ2n) is 10.3. The van der Waals surface area contributed by atoms with Crippen molar-refractivity contribution < 1.29 is 19.4 Å². The molecule has 174 valence electrons. The molecule has 1 aromatic carbocycles. The molecule has 0 unspecified atom stereocenters. The Labute approximate surface area is 194 Å². The molecule has 3 aliphatic rings. The van der Waals surface area contributed by atoms with Gasteiger partial charge in [0.25, 0.3) is 0 Å². The molecule has 1 heterocycles. The van der Waals surface area contributed by atoms with Crippen LogP contribution in [0.25, 0.3) is 5.57 Å². The van der Waals surface area contributed by atoms with Gasteiger partial charge in [-0.05, 0) is 96.1 Å². The van der Waals surface area contributed by atoms with Crippen molar-refractivity contribution in [2.24, 2.45) is 17.3 Å². The molecule has 0 spiro atoms. The number of aliphatic hydroxyl groups is 2. The number of allylic oxidation sites excluding steroid dienone is 2. The van der Waals surface area contributed by atoms with Gasteiger partial charge in [-0.15, -0.1) is 0 Å². The van der Waals surface area contributed by atoms with E-state index in [-0.39, 0.29) is 36.5 Å². The van der Waals surface area contributed by atoms with Crippen LogP contribution in [0.4, 0.5) is 4.39 Å². The van der Waals surface area contributed by atoms with Crippen LogP contribution in [0, 0.1) is 23.1 Å². The number of fused-ring (bicyclic) bond motifs is 5. The average Bonchev–Trinajstić information content (AvgIpc) is 3.19. The van der Waals surface area contributed by atoms with Crippen LogP contribution in [0.2, 0.25) is 0 Å². The summed E-state index contributed by atoms with van der Waals surface area (Å²) < 4.78 is 13.9. The molecular formula is C28H32FNO3. The Morgan fingerprint density at radius 1 is 1.27 bits per heavy atom. The molecule has 0 amide bonds. The fraction of sp³-hybridized carbons (Fsp3) is 0.500. The van der Waals surface area contributed by atoms with Crippen molar-refractivity contribution in [1.29, 1.82) is 0 Å². The second kappa shape index (κ2) is 8.77. The third kappa shape index (κ3) is 3.95. The molecule has 2 N–H and O–H groups in total. The summed E-state index contributed by atoms with van der Waals surface area (Å²) in [6.45, 7) is 2.04. The number of hydrogen-bond donors (Lipinski definition) is 2. The van der Waals surface area contributed by atoms with E-state index in [0.717, 1.165) is 37.7 Å². The van der Waals surface area contributed by atoms with Crippen molar-refractivity contribution in [2.45, 2.75) is 63.9 Å². The van der Waals surface area contributed by atoms with Crippen molar-refractivity contribution in [1.82, 2.24) is 4.98 Å². The largest absolute Gasteiger partial charge is 0.394 e. The number of benzene rings is 1. The van der Waals surface area contributed by atoms with Crippen LogP contribution in [-0.4, -0.2) is 33.7 Å². The summed E-state index contributed by atoms with van der Waals surface area (Å²) >= 11 is 0. The summed E-state index contributed by atoms with van der Waals surface area (Å²) in [5, 5.41) is 18.5. The van der Waals surface area contributed by atoms with Gasteiger partial charge in [-0.1, -0.05) is 25.1 Å². The minimum Gasteiger partial charge on any atom is -0.394 e. The van der Waals surface area contributed by atoms with Crippen molar-refractivity contribution in [2.75, 3.05) is 6.61 Å². The summed E-state index contributed by atoms with van der Waals surface area (Å²) in [6, 6.07) is 7.78. The molecule has 3 aliphatic carbocycles. The van der Waals surface area contributed by atoms with E-state index < -0.39 is 6.10 Å². The van der Waals surface area contributed by atoms with Crippen molar-refractivity contribution in [3.05, 3.63) is 70.8 Å². The first-order valence-corrected chi connectivity index (χ1v) is 12.2. The molecular weight excluding hydrogens is 417 g/mol. The second-order valence-corrected chi connectivity index (χ2v) is 10.3. The predicted molar refractivity (Wildman–Crippen MR) is 125 cm³/mol. The molecule has 5 heteroatoms. The minimum absolute atomic E-state index is 0.0250. The van der Waals surface area contributed by atoms with Gasteiger partial charge in [-0.2, -0.15) is 0 Å². The number of halogens is 1. The van der Waals surface area contributed by atoms with Crippen LogP contribution >= 0.6 is 0 Å². The number of Topliss-reactive ketones (excluding diaryl/α,β-unsaturated/α-hetero) is 1. The van der Waals surface area contributed by atoms with Gasteiger partial charge < -0.3 is 10.2 Å². The Morgan fingerprint density at radius 2 is 2.12 bits per heavy atom. The van der Waals surface area contributed by atoms with Crippen molar-refractivity contribution in [3.8, 4) is 0 Å². The number of nitrogens with zero attached hydrogens (tertiary/aromatic N) is 1. The number of ketones is 1. The van der Waals surface area contributed by atoms with E-state index >= 15 is 0 Å². The Hall–Kier alpha value is -2.37. The van der Waals surface area contributed by atoms with Gasteiger partial charge >= 0.3 is 0 Å². The summed E-state index contributed by atoms with van der Waals surface area (Å²) in [5.74, 6) is 1.39. The van der Waals surface area contributed by atoms with E-state index in [1.54, 1.807) is 12.3 Å². The highest BCUT2D eigenvalue weighted by Gasteiger charge is 2.52. The number of carbonyl (C=O) groups excluding carboxylic acids is 1. The number of aliphatic hydroxyl groups excluding tert-OH is 2. The van der Waals surface area contributed by atoms with Gasteiger partial charge in [0, 0.05) is 18.2 Å². The Bertz CT molecular complexity index is 1100. The number of hydrogen-bond acceptors (Lipinski definition) is 4. The lowest BCUT2D eigenvalue weighted by Gasteiger charge is -2.50. The monoisotopic (exact) mass is 449 g/mol. The lowest BCUT2D eigenvalue weighted by atomic mass is 9.54. The van der Waals surface area contributed by atoms with E-state index in [9.17, 15) is 14.3 Å². The Balaban J connectivity index is 1.35. The first-order valence-electron chi connectivity index (χ1n) is 12.2. The number of carbonyl (C=O) groups is 1. The van der Waals surface area contributed by atoms with Crippen LogP contribution in [0.15, 0.2) is 42.7 Å². The standard InChI is InChI=1S/C28H32FNO3/c1-28-11-10-23-22-5-3-18(27(33)9-4-21(32)16-31)12-17(22)2-6-24(23)26(28)8-7-25(28)19-13-20(29)15-30-14-19/h3,5,7,12-15,21,23-24,26,31-32H,2,4,6,8-11,16H2,1H3/t21-,23-,24-,26+,28-/m1/s1. The maximum Gasteiger partial charge on any atom is 0.162 e. The van der Waals surface area contributed by atoms with Crippen molar-refractivity contribution >= 4 is 11.4 Å². The van der Waals surface area contributed by atoms with E-state index in [0.29, 0.717) is 23.3 Å². The van der Waals surface area contributed by atoms with Crippen LogP contribution in [0.1, 0.15) is 78.4 Å². The zero-order valence-corrected chi connectivity index (χ0v) is 19.1. The fourth-order valence-corrected chi connectivity index (χ4v) is 6.86. The number of pyridine rings is 1. The number of aromatic nitrogens is 1. The summed E-state index contributed by atoms with van der Waals surface area (Å²) in [4.78, 5) is 16.7. The summed E-state index contributed by atoms with van der Waals surface area (Å²) in [7, 11) is 0. The van der Waals surface area contributed by atoms with Gasteiger partial charge in [-0.25, -0.2) is 4.39 Å². The SMILES string of the molecule is C[C@]12CC[C@@H]3c4ccc(C(=O)CC[C@@H](O)CO)cc4CC[C@H]3[C@@H]1CC=C2c1cncc(F)c1. The zero-order chi connectivity index (χ0) is 23.2. The fourth-order valence-electron chi connectivity index (χ4n) is 6.86. The quantitative estimate of drug-likeness (QED) is 0.603. The zero-order valence-electron chi connectivity index (χ0n) is 19.1. The van der Waals surface area contributed by atoms with E-state index in [4.69, 9.17) is 5.11 Å². The molecule has 2 aromatic rings. The first-order chi connectivity index (χ1) is 15.9. The average molecular weight is 450 g/mol. The Morgan fingerprint density at radius 3 is 2.91 bits per heavy atom. The number of rotatable bonds is 6. The summed E-state index contributed by atoms with van der Waals surface area (Å²) in [6.07, 6.45) is 10.4. The van der Waals surface area contributed by atoms with Gasteiger partial charge in [0.15, 0.2) is 5.78 Å². The van der Waals surface area contributed by atoms with Gasteiger partial charge in [0.05, 0.1) is 18.9 Å². The van der Waals surface area contributed by atoms with Crippen LogP contribution in [0.5, 0.6) is 0 Å². The smallest absolute Gasteiger partial charge is 0.162 e. The molecule has 1 saturated carbocycles. The molecule has 33 heavy (non-hydrogen) atoms. The van der Waals surface area contributed by atoms with Gasteiger partial charge in [0.2, 0.25) is 0 Å². The Kier molecular flexibility index (Phi) is 5.96. The minimum atomic E-state index is -0.836. The molecule has 5 atom stereocenters. The predicted octanol–water partition coefficient (Wildman–Crippen LogP) is 5.09. The molecule has 0 aliphatic heterocycles. The van der Waals surface area contributed by atoms with Crippen LogP contribution in [-0.2, 0) is 6.42 Å². The molecule has 4 nitrogen and oxygen atoms in total. The molecule has 5 rings (SSSR count). The van der Waals surface area contributed by atoms with E-state index in [2.05, 4.69) is 30.1 Å². The molecule has 0 bridgehead atoms. The lowest BCUT2D eigenvalue weighted by molar-refractivity contribution is 0.0779. The summed E-state index contributed by atoms with van der Waals surface area (Å²) in [5.41, 5.74) is 5.62. The number of aryl methyl sites for hydroxylation is 1. The topological polar surface area (TPSA) is 70.4 Å². The van der Waals surface area contributed by atoms with Crippen molar-refractivity contribution in [3.63, 3.8) is 0 Å². The first kappa shape index (κ1) is 22.4. The molecule has 0 radical (unpaired) electrons. The van der Waals surface area contributed by atoms with E-state index in [1.165, 1.54) is 22.9 Å².